The van der Waals surface area contributed by atoms with Crippen molar-refractivity contribution in [2.45, 2.75) is 19.1 Å². The van der Waals surface area contributed by atoms with E-state index >= 15 is 0 Å². The lowest BCUT2D eigenvalue weighted by molar-refractivity contribution is -0.137. The fourth-order valence-electron chi connectivity index (χ4n) is 1.83. The zero-order valence-electron chi connectivity index (χ0n) is 11.5. The van der Waals surface area contributed by atoms with Crippen LogP contribution in [0.2, 0.25) is 0 Å². The number of carbonyl (C=O) groups is 1. The number of hydrazine groups is 1. The van der Waals surface area contributed by atoms with E-state index in [9.17, 15) is 22.2 Å². The van der Waals surface area contributed by atoms with Crippen molar-refractivity contribution in [3.63, 3.8) is 0 Å². The van der Waals surface area contributed by atoms with Gasteiger partial charge in [-0.15, -0.1) is 0 Å². The van der Waals surface area contributed by atoms with Crippen LogP contribution < -0.4 is 16.6 Å². The molecule has 21 heavy (non-hydrogen) atoms. The number of nitrogens with one attached hydrogen (secondary N) is 2. The molecule has 0 fully saturated rings. The minimum absolute atomic E-state index is 0.204. The van der Waals surface area contributed by atoms with Crippen LogP contribution >= 0.6 is 0 Å². The maximum Gasteiger partial charge on any atom is 0.418 e. The Morgan fingerprint density at radius 3 is 2.52 bits per heavy atom. The first-order valence-electron chi connectivity index (χ1n) is 5.94. The van der Waals surface area contributed by atoms with Gasteiger partial charge in [-0.1, -0.05) is 6.07 Å². The van der Waals surface area contributed by atoms with E-state index in [1.54, 1.807) is 6.92 Å². The Bertz CT molecular complexity index is 549. The summed E-state index contributed by atoms with van der Waals surface area (Å²) in [4.78, 5) is 12.0. The molecule has 0 spiro atoms. The third-order valence-electron chi connectivity index (χ3n) is 2.62. The van der Waals surface area contributed by atoms with Gasteiger partial charge >= 0.3 is 6.18 Å². The first-order chi connectivity index (χ1) is 9.66. The van der Waals surface area contributed by atoms with E-state index in [1.807, 2.05) is 5.43 Å². The van der Waals surface area contributed by atoms with Gasteiger partial charge in [0, 0.05) is 28.9 Å². The molecule has 2 atom stereocenters. The minimum atomic E-state index is -4.63. The summed E-state index contributed by atoms with van der Waals surface area (Å²) >= 11 is 0. The number of carbonyl (C=O) groups excluding carboxylic acids is 1. The number of benzene rings is 1. The third-order valence-corrected chi connectivity index (χ3v) is 3.59. The predicted molar refractivity (Wildman–Crippen MR) is 75.1 cm³/mol. The van der Waals surface area contributed by atoms with Crippen LogP contribution in [0.15, 0.2) is 18.2 Å². The molecule has 0 aliphatic rings. The number of amides is 1. The summed E-state index contributed by atoms with van der Waals surface area (Å²) < 4.78 is 49.6. The highest BCUT2D eigenvalue weighted by Gasteiger charge is 2.35. The quantitative estimate of drug-likeness (QED) is 0.566. The summed E-state index contributed by atoms with van der Waals surface area (Å²) in [5.41, 5.74) is 0.187. The number of alkyl halides is 3. The fraction of sp³-hybridized carbons (Fsp3) is 0.417. The number of hydrogen-bond donors (Lipinski definition) is 3. The number of para-hydroxylation sites is 1. The van der Waals surface area contributed by atoms with Crippen molar-refractivity contribution in [2.24, 2.45) is 5.84 Å². The van der Waals surface area contributed by atoms with Gasteiger partial charge in [0.15, 0.2) is 0 Å². The molecule has 1 rings (SSSR count). The molecular formula is C12H16F3N3O2S. The van der Waals surface area contributed by atoms with E-state index in [4.69, 9.17) is 5.84 Å². The zero-order chi connectivity index (χ0) is 16.2. The largest absolute Gasteiger partial charge is 0.418 e. The van der Waals surface area contributed by atoms with Crippen LogP contribution in [-0.2, 0) is 17.0 Å². The minimum Gasteiger partial charge on any atom is -0.349 e. The third kappa shape index (κ3) is 4.71. The molecule has 0 heterocycles. The van der Waals surface area contributed by atoms with Gasteiger partial charge in [0.2, 0.25) is 0 Å². The number of halogens is 3. The van der Waals surface area contributed by atoms with Gasteiger partial charge in [-0.2, -0.15) is 13.2 Å². The Labute approximate surface area is 122 Å². The van der Waals surface area contributed by atoms with Crippen LogP contribution in [0.4, 0.5) is 18.9 Å². The van der Waals surface area contributed by atoms with Crippen molar-refractivity contribution in [1.82, 2.24) is 5.32 Å². The molecule has 1 aromatic carbocycles. The van der Waals surface area contributed by atoms with Crippen LogP contribution in [0.1, 0.15) is 22.8 Å². The SMILES string of the molecule is CC(CS(C)=O)NC(=O)c1cccc(C(F)(F)F)c1NN. The summed E-state index contributed by atoms with van der Waals surface area (Å²) in [6.45, 7) is 1.61. The number of anilines is 1. The van der Waals surface area contributed by atoms with Gasteiger partial charge in [-0.25, -0.2) is 0 Å². The Balaban J connectivity index is 3.08. The first-order valence-corrected chi connectivity index (χ1v) is 7.67. The van der Waals surface area contributed by atoms with Crippen LogP contribution in [0, 0.1) is 0 Å². The molecule has 0 bridgehead atoms. The molecule has 4 N–H and O–H groups in total. The molecule has 0 saturated carbocycles. The maximum absolute atomic E-state index is 12.8. The van der Waals surface area contributed by atoms with Crippen molar-refractivity contribution in [3.05, 3.63) is 29.3 Å². The second-order valence-electron chi connectivity index (χ2n) is 4.48. The van der Waals surface area contributed by atoms with Crippen molar-refractivity contribution in [1.29, 1.82) is 0 Å². The highest BCUT2D eigenvalue weighted by Crippen LogP contribution is 2.36. The zero-order valence-corrected chi connectivity index (χ0v) is 12.3. The number of nitrogen functional groups attached to an aromatic ring is 1. The van der Waals surface area contributed by atoms with E-state index in [0.717, 1.165) is 12.1 Å². The Morgan fingerprint density at radius 1 is 1.43 bits per heavy atom. The van der Waals surface area contributed by atoms with Crippen LogP contribution in [0.25, 0.3) is 0 Å². The number of rotatable bonds is 5. The van der Waals surface area contributed by atoms with E-state index < -0.39 is 40.2 Å². The summed E-state index contributed by atoms with van der Waals surface area (Å²) in [6, 6.07) is 2.75. The second kappa shape index (κ2) is 6.90. The molecule has 5 nitrogen and oxygen atoms in total. The van der Waals surface area contributed by atoms with Gasteiger partial charge in [0.05, 0.1) is 16.8 Å². The lowest BCUT2D eigenvalue weighted by atomic mass is 10.1. The summed E-state index contributed by atoms with van der Waals surface area (Å²) in [5.74, 6) is 4.61. The van der Waals surface area contributed by atoms with Gasteiger partial charge in [-0.3, -0.25) is 14.8 Å². The molecule has 1 amide bonds. The summed E-state index contributed by atoms with van der Waals surface area (Å²) in [7, 11) is -1.13. The van der Waals surface area contributed by atoms with E-state index in [-0.39, 0.29) is 11.3 Å². The average Bonchev–Trinajstić information content (AvgIpc) is 2.35. The van der Waals surface area contributed by atoms with Crippen molar-refractivity contribution < 1.29 is 22.2 Å². The second-order valence-corrected chi connectivity index (χ2v) is 5.96. The molecule has 1 aromatic rings. The smallest absolute Gasteiger partial charge is 0.349 e. The lowest BCUT2D eigenvalue weighted by Crippen LogP contribution is -2.37. The molecule has 0 aliphatic heterocycles. The fourth-order valence-corrected chi connectivity index (χ4v) is 2.62. The van der Waals surface area contributed by atoms with Crippen LogP contribution in [-0.4, -0.2) is 28.2 Å². The van der Waals surface area contributed by atoms with E-state index in [0.29, 0.717) is 0 Å². The average molecular weight is 323 g/mol. The predicted octanol–water partition coefficient (Wildman–Crippen LogP) is 1.49. The normalized spacial score (nSPS) is 14.4. The molecule has 0 aliphatic carbocycles. The van der Waals surface area contributed by atoms with Crippen LogP contribution in [0.3, 0.4) is 0 Å². The van der Waals surface area contributed by atoms with E-state index in [2.05, 4.69) is 5.32 Å². The van der Waals surface area contributed by atoms with Gasteiger partial charge in [0.25, 0.3) is 5.91 Å². The summed E-state index contributed by atoms with van der Waals surface area (Å²) in [6.07, 6.45) is -3.16. The van der Waals surface area contributed by atoms with Crippen molar-refractivity contribution >= 4 is 22.4 Å². The Kier molecular flexibility index (Phi) is 5.73. The molecule has 0 aromatic heterocycles. The maximum atomic E-state index is 12.8. The highest BCUT2D eigenvalue weighted by molar-refractivity contribution is 7.84. The first kappa shape index (κ1) is 17.4. The topological polar surface area (TPSA) is 84.2 Å². The molecule has 0 radical (unpaired) electrons. The number of hydrogen-bond acceptors (Lipinski definition) is 4. The Morgan fingerprint density at radius 2 is 2.05 bits per heavy atom. The summed E-state index contributed by atoms with van der Waals surface area (Å²) in [5, 5.41) is 2.49. The lowest BCUT2D eigenvalue weighted by Gasteiger charge is -2.18. The molecule has 9 heteroatoms. The van der Waals surface area contributed by atoms with Gasteiger partial charge in [-0.05, 0) is 19.1 Å². The number of nitrogens with two attached hydrogens (primary N) is 1. The molecule has 2 unspecified atom stereocenters. The van der Waals surface area contributed by atoms with Crippen molar-refractivity contribution in [2.75, 3.05) is 17.4 Å². The van der Waals surface area contributed by atoms with Crippen molar-refractivity contribution in [3.8, 4) is 0 Å². The van der Waals surface area contributed by atoms with Gasteiger partial charge < -0.3 is 10.7 Å². The molecular weight excluding hydrogens is 307 g/mol. The Hall–Kier alpha value is -1.61. The standard InChI is InChI=1S/C12H16F3N3O2S/c1-7(6-21(2)20)17-11(19)8-4-3-5-9(10(8)18-16)12(13,14)15/h3-5,7,18H,6,16H2,1-2H3,(H,17,19). The van der Waals surface area contributed by atoms with Crippen LogP contribution in [0.5, 0.6) is 0 Å². The molecule has 0 saturated heterocycles. The van der Waals surface area contributed by atoms with E-state index in [1.165, 1.54) is 12.3 Å². The highest BCUT2D eigenvalue weighted by atomic mass is 32.2. The van der Waals surface area contributed by atoms with Gasteiger partial charge in [0.1, 0.15) is 0 Å². The molecule has 118 valence electrons. The monoisotopic (exact) mass is 323 g/mol.